The number of nitrogens with zero attached hydrogens (tertiary/aromatic N) is 1. The Morgan fingerprint density at radius 2 is 1.61 bits per heavy atom. The number of aryl methyl sites for hydroxylation is 1. The van der Waals surface area contributed by atoms with Crippen LogP contribution in [0.4, 0.5) is 5.69 Å². The molecule has 1 N–H and O–H groups in total. The van der Waals surface area contributed by atoms with Gasteiger partial charge in [0, 0.05) is 0 Å². The van der Waals surface area contributed by atoms with Gasteiger partial charge in [0.1, 0.15) is 6.04 Å². The summed E-state index contributed by atoms with van der Waals surface area (Å²) in [6.45, 7) is 5.68. The van der Waals surface area contributed by atoms with E-state index in [1.165, 1.54) is 4.31 Å². The SMILES string of the molecule is CC[C@@H](NC(=O)[C@H](CC)N(c1ccc(C)cc1)S(C)(=O)=O)c1ccc(OC)c(OC)c1. The minimum Gasteiger partial charge on any atom is -0.493 e. The molecule has 0 aliphatic heterocycles. The van der Waals surface area contributed by atoms with Crippen molar-refractivity contribution in [3.8, 4) is 11.5 Å². The summed E-state index contributed by atoms with van der Waals surface area (Å²) in [4.78, 5) is 13.2. The van der Waals surface area contributed by atoms with Crippen molar-refractivity contribution in [1.82, 2.24) is 5.32 Å². The second kappa shape index (κ2) is 10.5. The highest BCUT2D eigenvalue weighted by molar-refractivity contribution is 7.92. The Kier molecular flexibility index (Phi) is 8.33. The second-order valence-electron chi connectivity index (χ2n) is 7.40. The standard InChI is InChI=1S/C23H32N2O5S/c1-7-19(17-11-14-21(29-4)22(15-17)30-5)24-23(26)20(8-2)25(31(6,27)28)18-12-9-16(3)10-13-18/h9-15,19-20H,7-8H2,1-6H3,(H,24,26)/t19-,20+/m1/s1. The van der Waals surface area contributed by atoms with Crippen molar-refractivity contribution < 1.29 is 22.7 Å². The van der Waals surface area contributed by atoms with E-state index in [-0.39, 0.29) is 11.9 Å². The summed E-state index contributed by atoms with van der Waals surface area (Å²) < 4.78 is 37.1. The topological polar surface area (TPSA) is 84.9 Å². The Morgan fingerprint density at radius 3 is 2.10 bits per heavy atom. The van der Waals surface area contributed by atoms with Gasteiger partial charge in [-0.3, -0.25) is 9.10 Å². The lowest BCUT2D eigenvalue weighted by molar-refractivity contribution is -0.123. The van der Waals surface area contributed by atoms with E-state index in [9.17, 15) is 13.2 Å². The maximum absolute atomic E-state index is 13.2. The molecule has 8 heteroatoms. The highest BCUT2D eigenvalue weighted by atomic mass is 32.2. The number of hydrogen-bond acceptors (Lipinski definition) is 5. The van der Waals surface area contributed by atoms with Crippen LogP contribution in [0.25, 0.3) is 0 Å². The zero-order chi connectivity index (χ0) is 23.2. The van der Waals surface area contributed by atoms with Crippen LogP contribution in [0.1, 0.15) is 43.9 Å². The average Bonchev–Trinajstić information content (AvgIpc) is 2.75. The highest BCUT2D eigenvalue weighted by Crippen LogP contribution is 2.31. The Labute approximate surface area is 185 Å². The van der Waals surface area contributed by atoms with Gasteiger partial charge < -0.3 is 14.8 Å². The smallest absolute Gasteiger partial charge is 0.244 e. The molecular weight excluding hydrogens is 416 g/mol. The lowest BCUT2D eigenvalue weighted by atomic mass is 10.0. The monoisotopic (exact) mass is 448 g/mol. The van der Waals surface area contributed by atoms with Crippen molar-refractivity contribution in [1.29, 1.82) is 0 Å². The minimum absolute atomic E-state index is 0.305. The Morgan fingerprint density at radius 1 is 1.00 bits per heavy atom. The summed E-state index contributed by atoms with van der Waals surface area (Å²) in [6, 6.07) is 11.4. The van der Waals surface area contributed by atoms with Crippen LogP contribution in [0.2, 0.25) is 0 Å². The summed E-state index contributed by atoms with van der Waals surface area (Å²) in [5, 5.41) is 3.02. The largest absolute Gasteiger partial charge is 0.493 e. The fraction of sp³-hybridized carbons (Fsp3) is 0.435. The Balaban J connectivity index is 2.35. The molecule has 0 fully saturated rings. The van der Waals surface area contributed by atoms with Gasteiger partial charge in [-0.25, -0.2) is 8.42 Å². The maximum atomic E-state index is 13.2. The molecule has 2 aromatic rings. The molecule has 0 heterocycles. The molecule has 7 nitrogen and oxygen atoms in total. The van der Waals surface area contributed by atoms with E-state index in [0.717, 1.165) is 17.4 Å². The molecule has 2 rings (SSSR count). The summed E-state index contributed by atoms with van der Waals surface area (Å²) in [6.07, 6.45) is 2.07. The average molecular weight is 449 g/mol. The van der Waals surface area contributed by atoms with Gasteiger partial charge in [0.25, 0.3) is 0 Å². The predicted molar refractivity (Wildman–Crippen MR) is 123 cm³/mol. The lowest BCUT2D eigenvalue weighted by Crippen LogP contribution is -2.50. The fourth-order valence-electron chi connectivity index (χ4n) is 3.51. The van der Waals surface area contributed by atoms with Crippen LogP contribution in [-0.2, 0) is 14.8 Å². The van der Waals surface area contributed by atoms with Crippen molar-refractivity contribution in [2.75, 3.05) is 24.8 Å². The van der Waals surface area contributed by atoms with Crippen LogP contribution in [0.5, 0.6) is 11.5 Å². The van der Waals surface area contributed by atoms with E-state index in [1.807, 2.05) is 38.1 Å². The number of nitrogens with one attached hydrogen (secondary N) is 1. The number of rotatable bonds is 10. The number of benzene rings is 2. The van der Waals surface area contributed by atoms with Gasteiger partial charge in [-0.1, -0.05) is 37.6 Å². The van der Waals surface area contributed by atoms with Crippen molar-refractivity contribution in [3.63, 3.8) is 0 Å². The Bertz CT molecular complexity index is 990. The van der Waals surface area contributed by atoms with Gasteiger partial charge in [-0.15, -0.1) is 0 Å². The highest BCUT2D eigenvalue weighted by Gasteiger charge is 2.32. The van der Waals surface area contributed by atoms with E-state index in [0.29, 0.717) is 30.0 Å². The van der Waals surface area contributed by atoms with E-state index in [1.54, 1.807) is 39.3 Å². The van der Waals surface area contributed by atoms with Crippen LogP contribution in [-0.4, -0.2) is 40.8 Å². The van der Waals surface area contributed by atoms with Crippen molar-refractivity contribution >= 4 is 21.6 Å². The second-order valence-corrected chi connectivity index (χ2v) is 9.26. The van der Waals surface area contributed by atoms with Gasteiger partial charge in [0.05, 0.1) is 32.2 Å². The fourth-order valence-corrected chi connectivity index (χ4v) is 4.72. The van der Waals surface area contributed by atoms with Gasteiger partial charge in [0.15, 0.2) is 11.5 Å². The van der Waals surface area contributed by atoms with Crippen molar-refractivity contribution in [2.24, 2.45) is 0 Å². The van der Waals surface area contributed by atoms with Crippen LogP contribution >= 0.6 is 0 Å². The predicted octanol–water partition coefficient (Wildman–Crippen LogP) is 3.82. The van der Waals surface area contributed by atoms with Gasteiger partial charge >= 0.3 is 0 Å². The van der Waals surface area contributed by atoms with Crippen LogP contribution in [0.3, 0.4) is 0 Å². The Hall–Kier alpha value is -2.74. The van der Waals surface area contributed by atoms with Crippen LogP contribution in [0.15, 0.2) is 42.5 Å². The summed E-state index contributed by atoms with van der Waals surface area (Å²) in [5.74, 6) is 0.814. The number of ether oxygens (including phenoxy) is 2. The third kappa shape index (κ3) is 5.91. The lowest BCUT2D eigenvalue weighted by Gasteiger charge is -2.31. The number of anilines is 1. The van der Waals surface area contributed by atoms with Crippen LogP contribution < -0.4 is 19.1 Å². The molecule has 0 bridgehead atoms. The first-order valence-electron chi connectivity index (χ1n) is 10.2. The van der Waals surface area contributed by atoms with E-state index in [2.05, 4.69) is 5.32 Å². The molecule has 2 atom stereocenters. The number of carbonyl (C=O) groups is 1. The maximum Gasteiger partial charge on any atom is 0.244 e. The molecule has 0 saturated heterocycles. The molecule has 0 saturated carbocycles. The third-order valence-electron chi connectivity index (χ3n) is 5.15. The number of methoxy groups -OCH3 is 2. The molecular formula is C23H32N2O5S. The van der Waals surface area contributed by atoms with E-state index in [4.69, 9.17) is 9.47 Å². The number of hydrogen-bond donors (Lipinski definition) is 1. The van der Waals surface area contributed by atoms with Crippen molar-refractivity contribution in [3.05, 3.63) is 53.6 Å². The molecule has 0 spiro atoms. The van der Waals surface area contributed by atoms with Crippen molar-refractivity contribution in [2.45, 2.75) is 45.7 Å². The third-order valence-corrected chi connectivity index (χ3v) is 6.33. The zero-order valence-electron chi connectivity index (χ0n) is 19.0. The van der Waals surface area contributed by atoms with Gasteiger partial charge in [0.2, 0.25) is 15.9 Å². The normalized spacial score (nSPS) is 13.2. The number of carbonyl (C=O) groups excluding carboxylic acids is 1. The minimum atomic E-state index is -3.68. The molecule has 0 aliphatic rings. The van der Waals surface area contributed by atoms with Gasteiger partial charge in [-0.05, 0) is 49.6 Å². The first-order chi connectivity index (χ1) is 14.7. The van der Waals surface area contributed by atoms with E-state index < -0.39 is 16.1 Å². The molecule has 170 valence electrons. The number of sulfonamides is 1. The molecule has 31 heavy (non-hydrogen) atoms. The molecule has 2 aromatic carbocycles. The summed E-state index contributed by atoms with van der Waals surface area (Å²) in [5.41, 5.74) is 2.33. The zero-order valence-corrected chi connectivity index (χ0v) is 19.8. The van der Waals surface area contributed by atoms with E-state index >= 15 is 0 Å². The molecule has 0 radical (unpaired) electrons. The molecule has 0 unspecified atom stereocenters. The quantitative estimate of drug-likeness (QED) is 0.597. The van der Waals surface area contributed by atoms with Gasteiger partial charge in [-0.2, -0.15) is 0 Å². The summed E-state index contributed by atoms with van der Waals surface area (Å²) >= 11 is 0. The first-order valence-corrected chi connectivity index (χ1v) is 12.1. The number of amides is 1. The summed E-state index contributed by atoms with van der Waals surface area (Å²) in [7, 11) is -0.560. The molecule has 0 aliphatic carbocycles. The van der Waals surface area contributed by atoms with Crippen LogP contribution in [0, 0.1) is 6.92 Å². The molecule has 1 amide bonds. The first kappa shape index (κ1) is 24.5. The molecule has 0 aromatic heterocycles.